The molecule has 5 heteroatoms. The van der Waals surface area contributed by atoms with Gasteiger partial charge in [0.05, 0.1) is 5.69 Å². The normalized spacial score (nSPS) is 10.4. The molecule has 1 heterocycles. The summed E-state index contributed by atoms with van der Waals surface area (Å²) >= 11 is 0. The van der Waals surface area contributed by atoms with Crippen molar-refractivity contribution in [2.75, 3.05) is 12.4 Å². The second-order valence-corrected chi connectivity index (χ2v) is 3.40. The second-order valence-electron chi connectivity index (χ2n) is 3.40. The number of pyridine rings is 1. The van der Waals surface area contributed by atoms with Gasteiger partial charge in [0.25, 0.3) is 0 Å². The van der Waals surface area contributed by atoms with E-state index in [4.69, 9.17) is 0 Å². The van der Waals surface area contributed by atoms with Crippen LogP contribution in [-0.4, -0.2) is 12.0 Å². The summed E-state index contributed by atoms with van der Waals surface area (Å²) in [5.74, 6) is -2.63. The van der Waals surface area contributed by atoms with E-state index < -0.39 is 17.5 Å². The van der Waals surface area contributed by atoms with Crippen molar-refractivity contribution in [1.82, 2.24) is 4.98 Å². The predicted octanol–water partition coefficient (Wildman–Crippen LogP) is 3.21. The largest absolute Gasteiger partial charge is 0.373 e. The Bertz CT molecular complexity index is 555. The summed E-state index contributed by atoms with van der Waals surface area (Å²) in [6.45, 7) is 0. The van der Waals surface area contributed by atoms with Crippen LogP contribution in [0.5, 0.6) is 0 Å². The van der Waals surface area contributed by atoms with Gasteiger partial charge in [0.2, 0.25) is 0 Å². The third-order valence-electron chi connectivity index (χ3n) is 2.29. The Hall–Kier alpha value is -2.04. The van der Waals surface area contributed by atoms with E-state index in [0.29, 0.717) is 11.9 Å². The van der Waals surface area contributed by atoms with Crippen LogP contribution in [-0.2, 0) is 0 Å². The van der Waals surface area contributed by atoms with Crippen LogP contribution in [0.1, 0.15) is 0 Å². The molecule has 1 aromatic carbocycles. The molecule has 0 radical (unpaired) electrons. The first-order valence-corrected chi connectivity index (χ1v) is 4.91. The molecule has 2 rings (SSSR count). The molecule has 88 valence electrons. The maximum Gasteiger partial charge on any atom is 0.161 e. The van der Waals surface area contributed by atoms with Crippen molar-refractivity contribution in [3.63, 3.8) is 0 Å². The minimum Gasteiger partial charge on any atom is -0.373 e. The van der Waals surface area contributed by atoms with Crippen molar-refractivity contribution < 1.29 is 13.2 Å². The van der Waals surface area contributed by atoms with Crippen LogP contribution < -0.4 is 5.32 Å². The third kappa shape index (κ3) is 2.22. The zero-order valence-corrected chi connectivity index (χ0v) is 8.97. The SMILES string of the molecule is CNc1cccc(-c2cc(F)c(F)cc2F)n1. The number of hydrogen-bond acceptors (Lipinski definition) is 2. The summed E-state index contributed by atoms with van der Waals surface area (Å²) in [7, 11) is 1.66. The lowest BCUT2D eigenvalue weighted by atomic mass is 10.1. The first-order valence-electron chi connectivity index (χ1n) is 4.91. The van der Waals surface area contributed by atoms with Gasteiger partial charge in [-0.15, -0.1) is 0 Å². The highest BCUT2D eigenvalue weighted by Crippen LogP contribution is 2.24. The Labute approximate surface area is 96.1 Å². The lowest BCUT2D eigenvalue weighted by Crippen LogP contribution is -1.96. The number of rotatable bonds is 2. The number of anilines is 1. The van der Waals surface area contributed by atoms with Gasteiger partial charge in [-0.1, -0.05) is 6.07 Å². The van der Waals surface area contributed by atoms with E-state index in [2.05, 4.69) is 10.3 Å². The Morgan fingerprint density at radius 2 is 1.71 bits per heavy atom. The van der Waals surface area contributed by atoms with Crippen molar-refractivity contribution in [3.8, 4) is 11.3 Å². The van der Waals surface area contributed by atoms with E-state index in [0.717, 1.165) is 6.07 Å². The number of benzene rings is 1. The average Bonchev–Trinajstić information content (AvgIpc) is 2.34. The van der Waals surface area contributed by atoms with Crippen LogP contribution in [0, 0.1) is 17.5 Å². The minimum atomic E-state index is -1.21. The Morgan fingerprint density at radius 1 is 1.00 bits per heavy atom. The molecule has 1 aromatic heterocycles. The van der Waals surface area contributed by atoms with Crippen molar-refractivity contribution in [2.24, 2.45) is 0 Å². The molecule has 0 aliphatic rings. The van der Waals surface area contributed by atoms with E-state index >= 15 is 0 Å². The molecule has 0 atom stereocenters. The molecule has 17 heavy (non-hydrogen) atoms. The second kappa shape index (κ2) is 4.45. The summed E-state index contributed by atoms with van der Waals surface area (Å²) in [5, 5.41) is 2.78. The van der Waals surface area contributed by atoms with Gasteiger partial charge in [-0.3, -0.25) is 0 Å². The van der Waals surface area contributed by atoms with Crippen LogP contribution in [0.25, 0.3) is 11.3 Å². The molecule has 2 nitrogen and oxygen atoms in total. The average molecular weight is 238 g/mol. The quantitative estimate of drug-likeness (QED) is 0.812. The van der Waals surface area contributed by atoms with E-state index in [-0.39, 0.29) is 11.3 Å². The van der Waals surface area contributed by atoms with Crippen LogP contribution in [0.4, 0.5) is 19.0 Å². The molecular weight excluding hydrogens is 229 g/mol. The molecule has 0 amide bonds. The van der Waals surface area contributed by atoms with Crippen LogP contribution >= 0.6 is 0 Å². The Morgan fingerprint density at radius 3 is 2.41 bits per heavy atom. The van der Waals surface area contributed by atoms with Gasteiger partial charge in [0, 0.05) is 18.7 Å². The minimum absolute atomic E-state index is 0.0685. The van der Waals surface area contributed by atoms with Crippen LogP contribution in [0.15, 0.2) is 30.3 Å². The van der Waals surface area contributed by atoms with Crippen LogP contribution in [0.3, 0.4) is 0 Å². The summed E-state index contributed by atoms with van der Waals surface area (Å²) in [6, 6.07) is 6.16. The fourth-order valence-corrected chi connectivity index (χ4v) is 1.44. The summed E-state index contributed by atoms with van der Waals surface area (Å²) in [6.07, 6.45) is 0. The number of halogens is 3. The molecular formula is C12H9F3N2. The highest BCUT2D eigenvalue weighted by atomic mass is 19.2. The maximum atomic E-state index is 13.5. The fraction of sp³-hybridized carbons (Fsp3) is 0.0833. The number of hydrogen-bond donors (Lipinski definition) is 1. The van der Waals surface area contributed by atoms with E-state index in [1.165, 1.54) is 6.07 Å². The Balaban J connectivity index is 2.56. The zero-order valence-electron chi connectivity index (χ0n) is 8.97. The van der Waals surface area contributed by atoms with Gasteiger partial charge in [-0.2, -0.15) is 0 Å². The van der Waals surface area contributed by atoms with E-state index in [9.17, 15) is 13.2 Å². The molecule has 0 aliphatic carbocycles. The molecule has 0 unspecified atom stereocenters. The van der Waals surface area contributed by atoms with E-state index in [1.807, 2.05) is 0 Å². The van der Waals surface area contributed by atoms with Gasteiger partial charge in [-0.25, -0.2) is 18.2 Å². The molecule has 0 saturated carbocycles. The topological polar surface area (TPSA) is 24.9 Å². The van der Waals surface area contributed by atoms with Gasteiger partial charge in [0.15, 0.2) is 11.6 Å². The van der Waals surface area contributed by atoms with Crippen molar-refractivity contribution in [1.29, 1.82) is 0 Å². The number of nitrogens with one attached hydrogen (secondary N) is 1. The van der Waals surface area contributed by atoms with Gasteiger partial charge in [-0.05, 0) is 18.2 Å². The van der Waals surface area contributed by atoms with Crippen molar-refractivity contribution in [3.05, 3.63) is 47.8 Å². The lowest BCUT2D eigenvalue weighted by Gasteiger charge is -2.05. The molecule has 0 fully saturated rings. The van der Waals surface area contributed by atoms with Crippen LogP contribution in [0.2, 0.25) is 0 Å². The smallest absolute Gasteiger partial charge is 0.161 e. The number of nitrogens with zero attached hydrogens (tertiary/aromatic N) is 1. The van der Waals surface area contributed by atoms with E-state index in [1.54, 1.807) is 19.2 Å². The van der Waals surface area contributed by atoms with Crippen molar-refractivity contribution in [2.45, 2.75) is 0 Å². The fourth-order valence-electron chi connectivity index (χ4n) is 1.44. The third-order valence-corrected chi connectivity index (χ3v) is 2.29. The monoisotopic (exact) mass is 238 g/mol. The van der Waals surface area contributed by atoms with Gasteiger partial charge < -0.3 is 5.32 Å². The molecule has 1 N–H and O–H groups in total. The maximum absolute atomic E-state index is 13.5. The standard InChI is InChI=1S/C12H9F3N2/c1-16-12-4-2-3-11(17-12)7-5-9(14)10(15)6-8(7)13/h2-6H,1H3,(H,16,17). The molecule has 0 aliphatic heterocycles. The predicted molar refractivity (Wildman–Crippen MR) is 59.1 cm³/mol. The summed E-state index contributed by atoms with van der Waals surface area (Å²) in [5.41, 5.74) is 0.175. The van der Waals surface area contributed by atoms with Crippen molar-refractivity contribution >= 4 is 5.82 Å². The first-order chi connectivity index (χ1) is 8.11. The number of aromatic nitrogens is 1. The molecule has 2 aromatic rings. The zero-order chi connectivity index (χ0) is 12.4. The van der Waals surface area contributed by atoms with Gasteiger partial charge >= 0.3 is 0 Å². The van der Waals surface area contributed by atoms with Gasteiger partial charge in [0.1, 0.15) is 11.6 Å². The first kappa shape index (κ1) is 11.4. The highest BCUT2D eigenvalue weighted by molar-refractivity contribution is 5.62. The Kier molecular flexibility index (Phi) is 2.99. The molecule has 0 saturated heterocycles. The highest BCUT2D eigenvalue weighted by Gasteiger charge is 2.12. The molecule has 0 spiro atoms. The summed E-state index contributed by atoms with van der Waals surface area (Å²) < 4.78 is 39.3. The lowest BCUT2D eigenvalue weighted by molar-refractivity contribution is 0.496. The molecule has 0 bridgehead atoms. The summed E-state index contributed by atoms with van der Waals surface area (Å²) in [4.78, 5) is 4.05.